The van der Waals surface area contributed by atoms with Gasteiger partial charge in [0.2, 0.25) is 5.28 Å². The molecule has 0 aliphatic heterocycles. The lowest BCUT2D eigenvalue weighted by atomic mass is 10.2. The number of nitrogens with one attached hydrogen (secondary N) is 2. The lowest BCUT2D eigenvalue weighted by Crippen LogP contribution is -2.10. The Balaban J connectivity index is 1.53. The molecule has 24 heavy (non-hydrogen) atoms. The van der Waals surface area contributed by atoms with Gasteiger partial charge in [-0.25, -0.2) is 9.97 Å². The van der Waals surface area contributed by atoms with E-state index in [9.17, 15) is 0 Å². The minimum atomic E-state index is 0.130. The van der Waals surface area contributed by atoms with E-state index in [2.05, 4.69) is 25.6 Å². The summed E-state index contributed by atoms with van der Waals surface area (Å²) in [6.45, 7) is 1.52. The molecule has 8 heteroatoms. The Labute approximate surface area is 154 Å². The first-order valence-electron chi connectivity index (χ1n) is 7.34. The maximum atomic E-state index is 6.00. The maximum Gasteiger partial charge on any atom is 0.225 e. The van der Waals surface area contributed by atoms with Crippen LogP contribution in [0.1, 0.15) is 6.42 Å². The number of halogens is 3. The second kappa shape index (κ2) is 7.83. The second-order valence-corrected chi connectivity index (χ2v) is 6.23. The molecular formula is C16H14Cl3N5. The summed E-state index contributed by atoms with van der Waals surface area (Å²) in [5.74, 6) is 0.615. The van der Waals surface area contributed by atoms with E-state index in [0.29, 0.717) is 16.0 Å². The summed E-state index contributed by atoms with van der Waals surface area (Å²) in [5, 5.41) is 8.75. The van der Waals surface area contributed by atoms with Crippen molar-refractivity contribution in [2.24, 2.45) is 0 Å². The van der Waals surface area contributed by atoms with E-state index in [1.54, 1.807) is 12.3 Å². The number of anilines is 2. The molecule has 0 aliphatic carbocycles. The minimum Gasteiger partial charge on any atom is -0.384 e. The number of pyridine rings is 1. The maximum absolute atomic E-state index is 6.00. The van der Waals surface area contributed by atoms with Crippen LogP contribution in [0.2, 0.25) is 15.5 Å². The fourth-order valence-electron chi connectivity index (χ4n) is 2.28. The molecule has 0 saturated heterocycles. The van der Waals surface area contributed by atoms with Gasteiger partial charge in [-0.2, -0.15) is 0 Å². The predicted molar refractivity (Wildman–Crippen MR) is 100 cm³/mol. The molecule has 0 fully saturated rings. The smallest absolute Gasteiger partial charge is 0.225 e. The zero-order chi connectivity index (χ0) is 16.9. The summed E-state index contributed by atoms with van der Waals surface area (Å²) in [4.78, 5) is 12.2. The molecule has 2 aromatic heterocycles. The van der Waals surface area contributed by atoms with Crippen LogP contribution in [0.25, 0.3) is 10.9 Å². The summed E-state index contributed by atoms with van der Waals surface area (Å²) >= 11 is 17.6. The predicted octanol–water partition coefficient (Wildman–Crippen LogP) is 4.90. The molecule has 0 radical (unpaired) electrons. The van der Waals surface area contributed by atoms with Crippen molar-refractivity contribution in [1.82, 2.24) is 15.0 Å². The van der Waals surface area contributed by atoms with Crippen LogP contribution in [0.15, 0.2) is 36.5 Å². The van der Waals surface area contributed by atoms with Crippen molar-refractivity contribution in [3.8, 4) is 0 Å². The average molecular weight is 383 g/mol. The third-order valence-electron chi connectivity index (χ3n) is 3.35. The van der Waals surface area contributed by atoms with Crippen molar-refractivity contribution < 1.29 is 0 Å². The zero-order valence-electron chi connectivity index (χ0n) is 12.6. The third-order valence-corrected chi connectivity index (χ3v) is 3.95. The third kappa shape index (κ3) is 4.38. The van der Waals surface area contributed by atoms with Crippen LogP contribution < -0.4 is 10.6 Å². The molecule has 0 atom stereocenters. The molecule has 0 saturated carbocycles. The fourth-order valence-corrected chi connectivity index (χ4v) is 2.86. The van der Waals surface area contributed by atoms with Crippen LogP contribution in [-0.4, -0.2) is 28.0 Å². The van der Waals surface area contributed by atoms with Gasteiger partial charge >= 0.3 is 0 Å². The molecule has 0 aliphatic rings. The highest BCUT2D eigenvalue weighted by Crippen LogP contribution is 2.24. The molecule has 0 bridgehead atoms. The van der Waals surface area contributed by atoms with Gasteiger partial charge in [0.25, 0.3) is 0 Å². The van der Waals surface area contributed by atoms with Gasteiger partial charge in [0.15, 0.2) is 0 Å². The van der Waals surface area contributed by atoms with Gasteiger partial charge in [-0.3, -0.25) is 4.98 Å². The number of nitrogens with zero attached hydrogens (tertiary/aromatic N) is 3. The van der Waals surface area contributed by atoms with Crippen molar-refractivity contribution in [3.05, 3.63) is 52.0 Å². The van der Waals surface area contributed by atoms with Crippen LogP contribution in [0.4, 0.5) is 11.5 Å². The van der Waals surface area contributed by atoms with Crippen LogP contribution in [0.3, 0.4) is 0 Å². The Hall–Kier alpha value is -1.82. The molecule has 3 rings (SSSR count). The van der Waals surface area contributed by atoms with E-state index < -0.39 is 0 Å². The van der Waals surface area contributed by atoms with Crippen molar-refractivity contribution in [2.45, 2.75) is 6.42 Å². The van der Waals surface area contributed by atoms with Gasteiger partial charge in [0.1, 0.15) is 11.0 Å². The molecule has 5 nitrogen and oxygen atoms in total. The first kappa shape index (κ1) is 17.0. The van der Waals surface area contributed by atoms with Crippen molar-refractivity contribution in [3.63, 3.8) is 0 Å². The number of rotatable bonds is 6. The van der Waals surface area contributed by atoms with Crippen molar-refractivity contribution in [1.29, 1.82) is 0 Å². The van der Waals surface area contributed by atoms with Crippen LogP contribution >= 0.6 is 34.8 Å². The van der Waals surface area contributed by atoms with Gasteiger partial charge in [-0.15, -0.1) is 0 Å². The van der Waals surface area contributed by atoms with E-state index in [4.69, 9.17) is 34.8 Å². The lowest BCUT2D eigenvalue weighted by molar-refractivity contribution is 0.903. The Bertz CT molecular complexity index is 836. The Morgan fingerprint density at radius 2 is 1.75 bits per heavy atom. The van der Waals surface area contributed by atoms with Gasteiger partial charge in [-0.05, 0) is 42.3 Å². The summed E-state index contributed by atoms with van der Waals surface area (Å²) in [7, 11) is 0. The largest absolute Gasteiger partial charge is 0.384 e. The molecular weight excluding hydrogens is 369 g/mol. The average Bonchev–Trinajstić information content (AvgIpc) is 2.53. The van der Waals surface area contributed by atoms with E-state index in [1.807, 2.05) is 24.3 Å². The fraction of sp³-hybridized carbons (Fsp3) is 0.188. The van der Waals surface area contributed by atoms with Crippen LogP contribution in [0, 0.1) is 0 Å². The molecule has 2 heterocycles. The number of aromatic nitrogens is 3. The highest BCUT2D eigenvalue weighted by Gasteiger charge is 2.03. The Kier molecular flexibility index (Phi) is 5.56. The van der Waals surface area contributed by atoms with Gasteiger partial charge in [-0.1, -0.05) is 23.2 Å². The van der Waals surface area contributed by atoms with E-state index in [1.165, 1.54) is 0 Å². The first-order valence-corrected chi connectivity index (χ1v) is 8.47. The summed E-state index contributed by atoms with van der Waals surface area (Å²) in [5.41, 5.74) is 1.90. The quantitative estimate of drug-likeness (QED) is 0.361. The van der Waals surface area contributed by atoms with Crippen LogP contribution in [-0.2, 0) is 0 Å². The minimum absolute atomic E-state index is 0.130. The topological polar surface area (TPSA) is 62.7 Å². The molecule has 124 valence electrons. The Morgan fingerprint density at radius 1 is 0.917 bits per heavy atom. The van der Waals surface area contributed by atoms with Crippen LogP contribution in [0.5, 0.6) is 0 Å². The normalized spacial score (nSPS) is 10.8. The number of benzene rings is 1. The first-order chi connectivity index (χ1) is 11.6. The van der Waals surface area contributed by atoms with Crippen molar-refractivity contribution in [2.75, 3.05) is 23.7 Å². The van der Waals surface area contributed by atoms with Gasteiger partial charge in [0, 0.05) is 41.4 Å². The van der Waals surface area contributed by atoms with E-state index in [-0.39, 0.29) is 5.28 Å². The Morgan fingerprint density at radius 3 is 2.58 bits per heavy atom. The zero-order valence-corrected chi connectivity index (χ0v) is 14.8. The summed E-state index contributed by atoms with van der Waals surface area (Å²) in [6.07, 6.45) is 2.65. The van der Waals surface area contributed by atoms with E-state index in [0.717, 1.165) is 36.1 Å². The van der Waals surface area contributed by atoms with Gasteiger partial charge < -0.3 is 10.6 Å². The number of fused-ring (bicyclic) bond motifs is 1. The monoisotopic (exact) mass is 381 g/mol. The highest BCUT2D eigenvalue weighted by molar-refractivity contribution is 6.32. The number of hydrogen-bond donors (Lipinski definition) is 2. The molecule has 3 aromatic rings. The molecule has 0 amide bonds. The second-order valence-electron chi connectivity index (χ2n) is 5.07. The molecule has 0 unspecified atom stereocenters. The van der Waals surface area contributed by atoms with Crippen molar-refractivity contribution >= 4 is 57.2 Å². The SMILES string of the molecule is Clc1ccc2c(NCCCNc3cc(Cl)nc(Cl)n3)ccnc2c1. The molecule has 0 spiro atoms. The number of hydrogen-bond acceptors (Lipinski definition) is 5. The summed E-state index contributed by atoms with van der Waals surface area (Å²) in [6, 6.07) is 9.28. The lowest BCUT2D eigenvalue weighted by Gasteiger charge is -2.10. The summed E-state index contributed by atoms with van der Waals surface area (Å²) < 4.78 is 0. The molecule has 1 aromatic carbocycles. The van der Waals surface area contributed by atoms with E-state index >= 15 is 0 Å². The molecule has 2 N–H and O–H groups in total. The highest BCUT2D eigenvalue weighted by atomic mass is 35.5. The van der Waals surface area contributed by atoms with Gasteiger partial charge in [0.05, 0.1) is 5.52 Å². The standard InChI is InChI=1S/C16H14Cl3N5/c17-10-2-3-11-12(4-7-21-13(11)8-10)20-5-1-6-22-15-9-14(18)23-16(19)24-15/h2-4,7-9H,1,5-6H2,(H,20,21)(H,22,23,24).